The van der Waals surface area contributed by atoms with Crippen LogP contribution in [0, 0.1) is 0 Å². The molecule has 1 rings (SSSR count). The molecule has 3 nitrogen and oxygen atoms in total. The highest BCUT2D eigenvalue weighted by Crippen LogP contribution is 2.19. The van der Waals surface area contributed by atoms with E-state index in [1.165, 1.54) is 7.11 Å². The fraction of sp³-hybridized carbons (Fsp3) is 0.222. The summed E-state index contributed by atoms with van der Waals surface area (Å²) in [4.78, 5) is 11.2. The molecule has 0 aliphatic rings. The highest BCUT2D eigenvalue weighted by Gasteiger charge is 2.10. The molecule has 0 unspecified atom stereocenters. The first-order valence-corrected chi connectivity index (χ1v) is 4.46. The third-order valence-corrected chi connectivity index (χ3v) is 2.31. The molecule has 0 bridgehead atoms. The van der Waals surface area contributed by atoms with Crippen molar-refractivity contribution in [1.29, 1.82) is 0 Å². The number of halogens is 1. The maximum Gasteiger partial charge on any atom is 0.339 e. The number of benzene rings is 1. The second-order valence-electron chi connectivity index (χ2n) is 2.46. The number of carbonyl (C=O) groups is 1. The van der Waals surface area contributed by atoms with Gasteiger partial charge in [0, 0.05) is 4.47 Å². The Morgan fingerprint density at radius 2 is 2.31 bits per heavy atom. The minimum absolute atomic E-state index is 0.0860. The molecule has 0 aliphatic heterocycles. The summed E-state index contributed by atoms with van der Waals surface area (Å²) >= 11 is 3.22. The van der Waals surface area contributed by atoms with E-state index in [2.05, 4.69) is 20.7 Å². The molecule has 0 aromatic heterocycles. The van der Waals surface area contributed by atoms with Crippen LogP contribution in [0.4, 0.5) is 0 Å². The maximum absolute atomic E-state index is 11.2. The lowest BCUT2D eigenvalue weighted by molar-refractivity contribution is 0.0599. The van der Waals surface area contributed by atoms with E-state index >= 15 is 0 Å². The summed E-state index contributed by atoms with van der Waals surface area (Å²) in [7, 11) is 1.32. The van der Waals surface area contributed by atoms with Gasteiger partial charge >= 0.3 is 5.97 Å². The SMILES string of the molecule is COC(=O)c1cc(CO)ccc1Br. The number of ether oxygens (including phenoxy) is 1. The van der Waals surface area contributed by atoms with Gasteiger partial charge in [-0.2, -0.15) is 0 Å². The van der Waals surface area contributed by atoms with Crippen LogP contribution in [0.5, 0.6) is 0 Å². The Balaban J connectivity index is 3.11. The van der Waals surface area contributed by atoms with Crippen LogP contribution in [-0.4, -0.2) is 18.2 Å². The van der Waals surface area contributed by atoms with E-state index in [9.17, 15) is 4.79 Å². The molecule has 0 atom stereocenters. The van der Waals surface area contributed by atoms with Gasteiger partial charge < -0.3 is 9.84 Å². The van der Waals surface area contributed by atoms with Gasteiger partial charge in [0.25, 0.3) is 0 Å². The van der Waals surface area contributed by atoms with Gasteiger partial charge in [-0.05, 0) is 33.6 Å². The molecule has 0 saturated carbocycles. The first-order chi connectivity index (χ1) is 6.19. The van der Waals surface area contributed by atoms with E-state index in [0.717, 1.165) is 0 Å². The Kier molecular flexibility index (Phi) is 3.45. The van der Waals surface area contributed by atoms with E-state index in [1.54, 1.807) is 18.2 Å². The van der Waals surface area contributed by atoms with Gasteiger partial charge in [0.05, 0.1) is 19.3 Å². The molecule has 1 N–H and O–H groups in total. The highest BCUT2D eigenvalue weighted by molar-refractivity contribution is 9.10. The predicted molar refractivity (Wildman–Crippen MR) is 51.4 cm³/mol. The smallest absolute Gasteiger partial charge is 0.339 e. The lowest BCUT2D eigenvalue weighted by atomic mass is 10.1. The largest absolute Gasteiger partial charge is 0.465 e. The number of hydrogen-bond donors (Lipinski definition) is 1. The molecule has 0 heterocycles. The first-order valence-electron chi connectivity index (χ1n) is 3.66. The average Bonchev–Trinajstić information content (AvgIpc) is 2.17. The maximum atomic E-state index is 11.2. The van der Waals surface area contributed by atoms with Crippen molar-refractivity contribution >= 4 is 21.9 Å². The van der Waals surface area contributed by atoms with Gasteiger partial charge in [-0.25, -0.2) is 4.79 Å². The van der Waals surface area contributed by atoms with Crippen LogP contribution in [0.3, 0.4) is 0 Å². The normalized spacial score (nSPS) is 9.77. The molecule has 0 fully saturated rings. The zero-order chi connectivity index (χ0) is 9.84. The zero-order valence-corrected chi connectivity index (χ0v) is 8.67. The zero-order valence-electron chi connectivity index (χ0n) is 7.08. The molecular weight excluding hydrogens is 236 g/mol. The van der Waals surface area contributed by atoms with E-state index in [4.69, 9.17) is 5.11 Å². The number of aliphatic hydroxyl groups excluding tert-OH is 1. The second kappa shape index (κ2) is 4.39. The van der Waals surface area contributed by atoms with Crippen molar-refractivity contribution in [2.75, 3.05) is 7.11 Å². The minimum Gasteiger partial charge on any atom is -0.465 e. The molecule has 0 saturated heterocycles. The molecule has 1 aromatic carbocycles. The van der Waals surface area contributed by atoms with Gasteiger partial charge in [-0.1, -0.05) is 6.07 Å². The fourth-order valence-electron chi connectivity index (χ4n) is 0.937. The van der Waals surface area contributed by atoms with E-state index in [1.807, 2.05) is 0 Å². The topological polar surface area (TPSA) is 46.5 Å². The number of esters is 1. The second-order valence-corrected chi connectivity index (χ2v) is 3.32. The van der Waals surface area contributed by atoms with Crippen molar-refractivity contribution in [3.05, 3.63) is 33.8 Å². The van der Waals surface area contributed by atoms with Crippen LogP contribution < -0.4 is 0 Å². The van der Waals surface area contributed by atoms with Gasteiger partial charge in [-0.3, -0.25) is 0 Å². The van der Waals surface area contributed by atoms with Crippen LogP contribution in [0.1, 0.15) is 15.9 Å². The Morgan fingerprint density at radius 1 is 1.62 bits per heavy atom. The monoisotopic (exact) mass is 244 g/mol. The van der Waals surface area contributed by atoms with Gasteiger partial charge in [0.15, 0.2) is 0 Å². The minimum atomic E-state index is -0.415. The summed E-state index contributed by atoms with van der Waals surface area (Å²) in [5.41, 5.74) is 1.11. The van der Waals surface area contributed by atoms with E-state index in [0.29, 0.717) is 15.6 Å². The van der Waals surface area contributed by atoms with Crippen LogP contribution in [0.2, 0.25) is 0 Å². The van der Waals surface area contributed by atoms with Crippen molar-refractivity contribution in [3.63, 3.8) is 0 Å². The van der Waals surface area contributed by atoms with Crippen molar-refractivity contribution in [1.82, 2.24) is 0 Å². The third-order valence-electron chi connectivity index (χ3n) is 1.62. The van der Waals surface area contributed by atoms with Gasteiger partial charge in [-0.15, -0.1) is 0 Å². The summed E-state index contributed by atoms with van der Waals surface area (Å²) in [5, 5.41) is 8.84. The van der Waals surface area contributed by atoms with Crippen molar-refractivity contribution in [2.24, 2.45) is 0 Å². The molecule has 0 amide bonds. The molecule has 0 aliphatic carbocycles. The molecule has 1 aromatic rings. The number of aliphatic hydroxyl groups is 1. The predicted octanol–water partition coefficient (Wildman–Crippen LogP) is 1.73. The molecule has 70 valence electrons. The summed E-state index contributed by atoms with van der Waals surface area (Å²) < 4.78 is 5.23. The number of rotatable bonds is 2. The molecule has 0 radical (unpaired) electrons. The molecular formula is C9H9BrO3. The lowest BCUT2D eigenvalue weighted by Crippen LogP contribution is -2.03. The molecule has 4 heteroatoms. The van der Waals surface area contributed by atoms with Crippen molar-refractivity contribution in [2.45, 2.75) is 6.61 Å². The number of methoxy groups -OCH3 is 1. The average molecular weight is 245 g/mol. The third kappa shape index (κ3) is 2.29. The Labute approximate surface area is 84.5 Å². The number of hydrogen-bond acceptors (Lipinski definition) is 3. The Hall–Kier alpha value is -0.870. The fourth-order valence-corrected chi connectivity index (χ4v) is 1.35. The molecule has 13 heavy (non-hydrogen) atoms. The van der Waals surface area contributed by atoms with Crippen molar-refractivity contribution < 1.29 is 14.6 Å². The van der Waals surface area contributed by atoms with Crippen molar-refractivity contribution in [3.8, 4) is 0 Å². The highest BCUT2D eigenvalue weighted by atomic mass is 79.9. The first kappa shape index (κ1) is 10.2. The Morgan fingerprint density at radius 3 is 2.85 bits per heavy atom. The summed E-state index contributed by atoms with van der Waals surface area (Å²) in [6, 6.07) is 5.03. The van der Waals surface area contributed by atoms with Gasteiger partial charge in [0.2, 0.25) is 0 Å². The molecule has 0 spiro atoms. The van der Waals surface area contributed by atoms with Gasteiger partial charge in [0.1, 0.15) is 0 Å². The van der Waals surface area contributed by atoms with E-state index in [-0.39, 0.29) is 6.61 Å². The van der Waals surface area contributed by atoms with Crippen LogP contribution in [0.15, 0.2) is 22.7 Å². The van der Waals surface area contributed by atoms with E-state index < -0.39 is 5.97 Å². The standard InChI is InChI=1S/C9H9BrO3/c1-13-9(12)7-4-6(5-11)2-3-8(7)10/h2-4,11H,5H2,1H3. The quantitative estimate of drug-likeness (QED) is 0.807. The summed E-state index contributed by atoms with van der Waals surface area (Å²) in [6.07, 6.45) is 0. The summed E-state index contributed by atoms with van der Waals surface area (Å²) in [6.45, 7) is -0.0860. The lowest BCUT2D eigenvalue weighted by Gasteiger charge is -2.03. The Bertz CT molecular complexity index is 323. The summed E-state index contributed by atoms with van der Waals surface area (Å²) in [5.74, 6) is -0.415. The number of carbonyl (C=O) groups excluding carboxylic acids is 1. The van der Waals surface area contributed by atoms with Crippen LogP contribution in [0.25, 0.3) is 0 Å². The van der Waals surface area contributed by atoms with Crippen LogP contribution >= 0.6 is 15.9 Å². The van der Waals surface area contributed by atoms with Crippen LogP contribution in [-0.2, 0) is 11.3 Å².